The maximum atomic E-state index is 12.6. The Kier molecular flexibility index (Phi) is 6.11. The second-order valence-corrected chi connectivity index (χ2v) is 4.56. The first-order valence-electron chi connectivity index (χ1n) is 6.43. The standard InChI is InChI=1S/C14H14F3NO5/c1-23-11(19)6-5-10(13(21)22)18-12(20)8-3-2-4-9(7-8)14(15,16)17/h2-4,7,10H,5-6H2,1H3,(H,18,20)(H,21,22)/t10-/m1/s1. The minimum absolute atomic E-state index is 0.243. The number of carboxylic acid groups (broad SMARTS) is 1. The molecule has 126 valence electrons. The molecule has 0 bridgehead atoms. The van der Waals surface area contributed by atoms with Gasteiger partial charge in [0.05, 0.1) is 12.7 Å². The molecule has 2 N–H and O–H groups in total. The van der Waals surface area contributed by atoms with Crippen LogP contribution in [-0.4, -0.2) is 36.1 Å². The fourth-order valence-corrected chi connectivity index (χ4v) is 1.70. The lowest BCUT2D eigenvalue weighted by molar-refractivity contribution is -0.142. The molecule has 0 saturated heterocycles. The summed E-state index contributed by atoms with van der Waals surface area (Å²) in [5, 5.41) is 11.1. The summed E-state index contributed by atoms with van der Waals surface area (Å²) >= 11 is 0. The van der Waals surface area contributed by atoms with E-state index in [4.69, 9.17) is 5.11 Å². The van der Waals surface area contributed by atoms with E-state index in [1.165, 1.54) is 0 Å². The topological polar surface area (TPSA) is 92.7 Å². The first-order chi connectivity index (χ1) is 10.6. The molecule has 1 aromatic rings. The van der Waals surface area contributed by atoms with E-state index in [0.717, 1.165) is 25.3 Å². The van der Waals surface area contributed by atoms with E-state index in [2.05, 4.69) is 10.1 Å². The lowest BCUT2D eigenvalue weighted by Gasteiger charge is -2.14. The average Bonchev–Trinajstić information content (AvgIpc) is 2.49. The van der Waals surface area contributed by atoms with Crippen LogP contribution in [0.2, 0.25) is 0 Å². The molecule has 0 heterocycles. The number of hydrogen-bond donors (Lipinski definition) is 2. The SMILES string of the molecule is COC(=O)CC[C@@H](NC(=O)c1cccc(C(F)(F)F)c1)C(=O)O. The first kappa shape index (κ1) is 18.5. The maximum Gasteiger partial charge on any atom is 0.416 e. The molecule has 6 nitrogen and oxygen atoms in total. The van der Waals surface area contributed by atoms with Crippen molar-refractivity contribution >= 4 is 17.8 Å². The van der Waals surface area contributed by atoms with Crippen LogP contribution < -0.4 is 5.32 Å². The third-order valence-corrected chi connectivity index (χ3v) is 2.92. The third kappa shape index (κ3) is 5.61. The normalized spacial score (nSPS) is 12.3. The van der Waals surface area contributed by atoms with Crippen LogP contribution in [0, 0.1) is 0 Å². The van der Waals surface area contributed by atoms with Crippen LogP contribution in [0.1, 0.15) is 28.8 Å². The molecule has 0 aliphatic carbocycles. The van der Waals surface area contributed by atoms with Crippen molar-refractivity contribution in [3.05, 3.63) is 35.4 Å². The average molecular weight is 333 g/mol. The minimum Gasteiger partial charge on any atom is -0.480 e. The van der Waals surface area contributed by atoms with Gasteiger partial charge in [-0.2, -0.15) is 13.2 Å². The summed E-state index contributed by atoms with van der Waals surface area (Å²) in [7, 11) is 1.12. The van der Waals surface area contributed by atoms with E-state index in [9.17, 15) is 27.6 Å². The number of carboxylic acids is 1. The highest BCUT2D eigenvalue weighted by Crippen LogP contribution is 2.29. The Morgan fingerprint density at radius 1 is 1.30 bits per heavy atom. The highest BCUT2D eigenvalue weighted by molar-refractivity contribution is 5.96. The quantitative estimate of drug-likeness (QED) is 0.775. The Labute approximate surface area is 129 Å². The van der Waals surface area contributed by atoms with Crippen LogP contribution >= 0.6 is 0 Å². The predicted molar refractivity (Wildman–Crippen MR) is 71.6 cm³/mol. The summed E-state index contributed by atoms with van der Waals surface area (Å²) in [5.41, 5.74) is -1.35. The van der Waals surface area contributed by atoms with Gasteiger partial charge in [-0.15, -0.1) is 0 Å². The van der Waals surface area contributed by atoms with E-state index in [-0.39, 0.29) is 18.4 Å². The number of rotatable bonds is 6. The number of amides is 1. The van der Waals surface area contributed by atoms with Crippen molar-refractivity contribution < 1.29 is 37.4 Å². The maximum absolute atomic E-state index is 12.6. The van der Waals surface area contributed by atoms with Gasteiger partial charge >= 0.3 is 18.1 Å². The van der Waals surface area contributed by atoms with Crippen molar-refractivity contribution in [3.8, 4) is 0 Å². The molecule has 23 heavy (non-hydrogen) atoms. The van der Waals surface area contributed by atoms with Gasteiger partial charge in [-0.25, -0.2) is 4.79 Å². The lowest BCUT2D eigenvalue weighted by Crippen LogP contribution is -2.41. The summed E-state index contributed by atoms with van der Waals surface area (Å²) in [6, 6.07) is 2.17. The van der Waals surface area contributed by atoms with Gasteiger partial charge < -0.3 is 15.2 Å². The van der Waals surface area contributed by atoms with Gasteiger partial charge in [0, 0.05) is 12.0 Å². The molecule has 9 heteroatoms. The van der Waals surface area contributed by atoms with Crippen LogP contribution in [0.25, 0.3) is 0 Å². The first-order valence-corrected chi connectivity index (χ1v) is 6.43. The van der Waals surface area contributed by atoms with Gasteiger partial charge in [-0.3, -0.25) is 9.59 Å². The Balaban J connectivity index is 2.83. The number of halogens is 3. The van der Waals surface area contributed by atoms with Gasteiger partial charge in [0.2, 0.25) is 0 Å². The van der Waals surface area contributed by atoms with E-state index < -0.39 is 35.6 Å². The van der Waals surface area contributed by atoms with Gasteiger partial charge in [0.1, 0.15) is 6.04 Å². The Morgan fingerprint density at radius 3 is 2.48 bits per heavy atom. The van der Waals surface area contributed by atoms with Gasteiger partial charge in [-0.05, 0) is 24.6 Å². The van der Waals surface area contributed by atoms with Gasteiger partial charge in [0.25, 0.3) is 5.91 Å². The number of aliphatic carboxylic acids is 1. The zero-order valence-corrected chi connectivity index (χ0v) is 12.0. The molecule has 0 fully saturated rings. The molecule has 0 radical (unpaired) electrons. The fourth-order valence-electron chi connectivity index (χ4n) is 1.70. The Morgan fingerprint density at radius 2 is 1.96 bits per heavy atom. The van der Waals surface area contributed by atoms with Gasteiger partial charge in [-0.1, -0.05) is 6.07 Å². The summed E-state index contributed by atoms with van der Waals surface area (Å²) in [4.78, 5) is 33.9. The molecule has 1 rings (SSSR count). The Bertz CT molecular complexity index is 600. The van der Waals surface area contributed by atoms with Crippen LogP contribution in [-0.2, 0) is 20.5 Å². The number of methoxy groups -OCH3 is 1. The highest BCUT2D eigenvalue weighted by atomic mass is 19.4. The monoisotopic (exact) mass is 333 g/mol. The minimum atomic E-state index is -4.62. The van der Waals surface area contributed by atoms with E-state index in [1.54, 1.807) is 0 Å². The molecule has 1 aromatic carbocycles. The van der Waals surface area contributed by atoms with Crippen LogP contribution in [0.3, 0.4) is 0 Å². The summed E-state index contributed by atoms with van der Waals surface area (Å²) in [6.45, 7) is 0. The summed E-state index contributed by atoms with van der Waals surface area (Å²) in [5.74, 6) is -3.05. The number of alkyl halides is 3. The zero-order valence-electron chi connectivity index (χ0n) is 12.0. The largest absolute Gasteiger partial charge is 0.480 e. The smallest absolute Gasteiger partial charge is 0.416 e. The Hall–Kier alpha value is -2.58. The number of hydrogen-bond acceptors (Lipinski definition) is 4. The predicted octanol–water partition coefficient (Wildman–Crippen LogP) is 1.84. The number of nitrogens with one attached hydrogen (secondary N) is 1. The van der Waals surface area contributed by atoms with E-state index in [0.29, 0.717) is 6.07 Å². The fraction of sp³-hybridized carbons (Fsp3) is 0.357. The van der Waals surface area contributed by atoms with E-state index in [1.807, 2.05) is 0 Å². The molecule has 0 aromatic heterocycles. The van der Waals surface area contributed by atoms with Crippen molar-refractivity contribution in [3.63, 3.8) is 0 Å². The number of carbonyl (C=O) groups excluding carboxylic acids is 2. The molecule has 0 spiro atoms. The molecule has 0 unspecified atom stereocenters. The highest BCUT2D eigenvalue weighted by Gasteiger charge is 2.31. The summed E-state index contributed by atoms with van der Waals surface area (Å²) in [6.07, 6.45) is -5.11. The second-order valence-electron chi connectivity index (χ2n) is 4.56. The molecule has 0 aliphatic rings. The lowest BCUT2D eigenvalue weighted by atomic mass is 10.1. The van der Waals surface area contributed by atoms with Crippen LogP contribution in [0.15, 0.2) is 24.3 Å². The van der Waals surface area contributed by atoms with Crippen molar-refractivity contribution in [1.82, 2.24) is 5.32 Å². The van der Waals surface area contributed by atoms with Crippen molar-refractivity contribution in [2.75, 3.05) is 7.11 Å². The van der Waals surface area contributed by atoms with Gasteiger partial charge in [0.15, 0.2) is 0 Å². The molecular formula is C14H14F3NO5. The van der Waals surface area contributed by atoms with E-state index >= 15 is 0 Å². The van der Waals surface area contributed by atoms with Crippen molar-refractivity contribution in [1.29, 1.82) is 0 Å². The second kappa shape index (κ2) is 7.61. The molecule has 1 atom stereocenters. The van der Waals surface area contributed by atoms with Crippen molar-refractivity contribution in [2.24, 2.45) is 0 Å². The number of benzene rings is 1. The van der Waals surface area contributed by atoms with Crippen LogP contribution in [0.5, 0.6) is 0 Å². The van der Waals surface area contributed by atoms with Crippen molar-refractivity contribution in [2.45, 2.75) is 25.1 Å². The summed E-state index contributed by atoms with van der Waals surface area (Å²) < 4.78 is 42.1. The number of carbonyl (C=O) groups is 3. The molecule has 0 saturated carbocycles. The number of esters is 1. The molecule has 0 aliphatic heterocycles. The number of ether oxygens (including phenoxy) is 1. The van der Waals surface area contributed by atoms with Crippen LogP contribution in [0.4, 0.5) is 13.2 Å². The molecule has 1 amide bonds. The third-order valence-electron chi connectivity index (χ3n) is 2.92. The zero-order chi connectivity index (χ0) is 17.6. The molecular weight excluding hydrogens is 319 g/mol.